The molecule has 10 heteroatoms. The number of hydrazine groups is 1. The number of nitrogens with zero attached hydrogens (tertiary/aromatic N) is 3. The van der Waals surface area contributed by atoms with Gasteiger partial charge in [-0.15, -0.1) is 0 Å². The zero-order valence-corrected chi connectivity index (χ0v) is 15.3. The predicted octanol–water partition coefficient (Wildman–Crippen LogP) is 3.20. The third-order valence-corrected chi connectivity index (χ3v) is 4.06. The van der Waals surface area contributed by atoms with Crippen LogP contribution in [0.4, 0.5) is 21.7 Å². The van der Waals surface area contributed by atoms with Crippen LogP contribution in [0.15, 0.2) is 54.9 Å². The Kier molecular flexibility index (Phi) is 5.93. The van der Waals surface area contributed by atoms with Crippen LogP contribution in [0, 0.1) is 22.9 Å². The number of anilines is 2. The van der Waals surface area contributed by atoms with Crippen LogP contribution in [-0.2, 0) is 6.54 Å². The van der Waals surface area contributed by atoms with Crippen LogP contribution in [0.5, 0.6) is 0 Å². The molecule has 0 atom stereocenters. The summed E-state index contributed by atoms with van der Waals surface area (Å²) in [6.45, 7) is 1.96. The van der Waals surface area contributed by atoms with Crippen molar-refractivity contribution in [2.45, 2.75) is 13.5 Å². The molecule has 0 unspecified atom stereocenters. The van der Waals surface area contributed by atoms with Gasteiger partial charge in [-0.2, -0.15) is 0 Å². The number of nitro groups is 1. The number of carbonyl (C=O) groups is 1. The van der Waals surface area contributed by atoms with E-state index in [1.165, 1.54) is 12.1 Å². The molecule has 3 aromatic rings. The van der Waals surface area contributed by atoms with Gasteiger partial charge in [0.15, 0.2) is 0 Å². The number of rotatable bonds is 7. The standard InChI is InChI=1S/C19H17FN6O3/c1-12-4-2-3-5-15(12)19(27)25-24-18-16(26(28)29)17(22-11-23-18)21-10-13-6-8-14(20)9-7-13/h2-9,11H,10H2,1H3,(H,25,27)(H2,21,22,23,24). The van der Waals surface area contributed by atoms with Crippen LogP contribution >= 0.6 is 0 Å². The number of nitrogens with one attached hydrogen (secondary N) is 3. The minimum Gasteiger partial charge on any atom is -0.360 e. The first-order valence-corrected chi connectivity index (χ1v) is 8.55. The zero-order chi connectivity index (χ0) is 20.8. The summed E-state index contributed by atoms with van der Waals surface area (Å²) in [4.78, 5) is 31.0. The van der Waals surface area contributed by atoms with E-state index in [2.05, 4.69) is 26.1 Å². The van der Waals surface area contributed by atoms with Crippen molar-refractivity contribution >= 4 is 23.2 Å². The van der Waals surface area contributed by atoms with E-state index < -0.39 is 16.5 Å². The molecular formula is C19H17FN6O3. The lowest BCUT2D eigenvalue weighted by Gasteiger charge is -2.11. The summed E-state index contributed by atoms with van der Waals surface area (Å²) >= 11 is 0. The highest BCUT2D eigenvalue weighted by Gasteiger charge is 2.23. The number of carbonyl (C=O) groups excluding carboxylic acids is 1. The fourth-order valence-electron chi connectivity index (χ4n) is 2.57. The lowest BCUT2D eigenvalue weighted by atomic mass is 10.1. The summed E-state index contributed by atoms with van der Waals surface area (Å²) in [5.41, 5.74) is 6.35. The molecule has 2 aromatic carbocycles. The van der Waals surface area contributed by atoms with Crippen LogP contribution in [0.2, 0.25) is 0 Å². The van der Waals surface area contributed by atoms with Gasteiger partial charge in [-0.05, 0) is 36.2 Å². The molecule has 29 heavy (non-hydrogen) atoms. The molecule has 9 nitrogen and oxygen atoms in total. The number of hydrogen-bond acceptors (Lipinski definition) is 7. The summed E-state index contributed by atoms with van der Waals surface area (Å²) in [5, 5.41) is 14.4. The molecule has 1 amide bonds. The maximum absolute atomic E-state index is 13.0. The molecule has 0 aliphatic carbocycles. The van der Waals surface area contributed by atoms with Crippen molar-refractivity contribution in [2.75, 3.05) is 10.7 Å². The third kappa shape index (κ3) is 4.80. The van der Waals surface area contributed by atoms with Crippen LogP contribution in [-0.4, -0.2) is 20.8 Å². The quantitative estimate of drug-likeness (QED) is 0.414. The van der Waals surface area contributed by atoms with E-state index in [1.807, 2.05) is 0 Å². The normalized spacial score (nSPS) is 10.3. The number of halogens is 1. The Morgan fingerprint density at radius 3 is 2.48 bits per heavy atom. The molecule has 0 aliphatic rings. The zero-order valence-electron chi connectivity index (χ0n) is 15.3. The van der Waals surface area contributed by atoms with Crippen LogP contribution in [0.1, 0.15) is 21.5 Å². The van der Waals surface area contributed by atoms with Crippen molar-refractivity contribution in [3.8, 4) is 0 Å². The predicted molar refractivity (Wildman–Crippen MR) is 105 cm³/mol. The molecule has 1 aromatic heterocycles. The second-order valence-electron chi connectivity index (χ2n) is 6.05. The number of aryl methyl sites for hydroxylation is 1. The Morgan fingerprint density at radius 1 is 1.10 bits per heavy atom. The first-order valence-electron chi connectivity index (χ1n) is 8.55. The molecule has 0 aliphatic heterocycles. The fourth-order valence-corrected chi connectivity index (χ4v) is 2.57. The summed E-state index contributed by atoms with van der Waals surface area (Å²) in [6.07, 6.45) is 1.13. The number of aromatic nitrogens is 2. The number of benzene rings is 2. The monoisotopic (exact) mass is 396 g/mol. The van der Waals surface area contributed by atoms with Crippen molar-refractivity contribution in [3.05, 3.63) is 87.5 Å². The Bertz CT molecular complexity index is 1040. The van der Waals surface area contributed by atoms with E-state index in [0.717, 1.165) is 11.9 Å². The molecule has 0 saturated carbocycles. The van der Waals surface area contributed by atoms with Gasteiger partial charge in [0.25, 0.3) is 5.91 Å². The number of hydrogen-bond donors (Lipinski definition) is 3. The van der Waals surface area contributed by atoms with Crippen molar-refractivity contribution in [2.24, 2.45) is 0 Å². The minimum absolute atomic E-state index is 0.0398. The second kappa shape index (κ2) is 8.74. The summed E-state index contributed by atoms with van der Waals surface area (Å²) in [7, 11) is 0. The van der Waals surface area contributed by atoms with Crippen LogP contribution in [0.25, 0.3) is 0 Å². The highest BCUT2D eigenvalue weighted by Crippen LogP contribution is 2.28. The molecule has 0 bridgehead atoms. The van der Waals surface area contributed by atoms with Crippen molar-refractivity contribution in [1.82, 2.24) is 15.4 Å². The molecule has 148 valence electrons. The van der Waals surface area contributed by atoms with Crippen LogP contribution < -0.4 is 16.2 Å². The Morgan fingerprint density at radius 2 is 1.79 bits per heavy atom. The average molecular weight is 396 g/mol. The average Bonchev–Trinajstić information content (AvgIpc) is 2.71. The Labute approximate surface area is 165 Å². The van der Waals surface area contributed by atoms with Gasteiger partial charge < -0.3 is 5.32 Å². The largest absolute Gasteiger partial charge is 0.360 e. The number of amides is 1. The van der Waals surface area contributed by atoms with Gasteiger partial charge in [0, 0.05) is 12.1 Å². The Hall–Kier alpha value is -4.08. The summed E-state index contributed by atoms with van der Waals surface area (Å²) in [6, 6.07) is 12.6. The van der Waals surface area contributed by atoms with Gasteiger partial charge in [-0.25, -0.2) is 14.4 Å². The fraction of sp³-hybridized carbons (Fsp3) is 0.105. The first-order chi connectivity index (χ1) is 14.0. The van der Waals surface area contributed by atoms with Gasteiger partial charge in [0.1, 0.15) is 12.1 Å². The summed E-state index contributed by atoms with van der Waals surface area (Å²) in [5.74, 6) is -1.05. The molecule has 1 heterocycles. The first kappa shape index (κ1) is 19.7. The lowest BCUT2D eigenvalue weighted by Crippen LogP contribution is -2.30. The molecule has 3 N–H and O–H groups in total. The maximum atomic E-state index is 13.0. The van der Waals surface area contributed by atoms with Gasteiger partial charge in [0.2, 0.25) is 11.6 Å². The Balaban J connectivity index is 1.76. The molecular weight excluding hydrogens is 379 g/mol. The smallest absolute Gasteiger partial charge is 0.354 e. The molecule has 0 fully saturated rings. The third-order valence-electron chi connectivity index (χ3n) is 4.06. The minimum atomic E-state index is -0.657. The van der Waals surface area contributed by atoms with Crippen molar-refractivity contribution < 1.29 is 14.1 Å². The van der Waals surface area contributed by atoms with Crippen molar-refractivity contribution in [1.29, 1.82) is 0 Å². The molecule has 0 spiro atoms. The van der Waals surface area contributed by atoms with E-state index in [-0.39, 0.29) is 24.0 Å². The summed E-state index contributed by atoms with van der Waals surface area (Å²) < 4.78 is 13.0. The van der Waals surface area contributed by atoms with Gasteiger partial charge in [-0.3, -0.25) is 25.8 Å². The highest BCUT2D eigenvalue weighted by atomic mass is 19.1. The topological polar surface area (TPSA) is 122 Å². The maximum Gasteiger partial charge on any atom is 0.354 e. The molecule has 0 saturated heterocycles. The van der Waals surface area contributed by atoms with Crippen molar-refractivity contribution in [3.63, 3.8) is 0 Å². The van der Waals surface area contributed by atoms with E-state index in [4.69, 9.17) is 0 Å². The molecule has 3 rings (SSSR count). The lowest BCUT2D eigenvalue weighted by molar-refractivity contribution is -0.383. The highest BCUT2D eigenvalue weighted by molar-refractivity contribution is 5.96. The second-order valence-corrected chi connectivity index (χ2v) is 6.05. The van der Waals surface area contributed by atoms with E-state index in [1.54, 1.807) is 43.3 Å². The van der Waals surface area contributed by atoms with E-state index in [9.17, 15) is 19.3 Å². The SMILES string of the molecule is Cc1ccccc1C(=O)NNc1ncnc(NCc2ccc(F)cc2)c1[N+](=O)[O-]. The van der Waals surface area contributed by atoms with E-state index >= 15 is 0 Å². The van der Waals surface area contributed by atoms with Gasteiger partial charge >= 0.3 is 5.69 Å². The van der Waals surface area contributed by atoms with E-state index in [0.29, 0.717) is 11.1 Å². The molecule has 0 radical (unpaired) electrons. The van der Waals surface area contributed by atoms with Gasteiger partial charge in [0.05, 0.1) is 4.92 Å². The van der Waals surface area contributed by atoms with Crippen LogP contribution in [0.3, 0.4) is 0 Å². The van der Waals surface area contributed by atoms with Gasteiger partial charge in [-0.1, -0.05) is 30.3 Å².